The number of rotatable bonds is 0. The zero-order valence-electron chi connectivity index (χ0n) is 3.80. The van der Waals surface area contributed by atoms with Crippen molar-refractivity contribution >= 4 is 6.16 Å². The Bertz CT molecular complexity index is 100.0. The van der Waals surface area contributed by atoms with Gasteiger partial charge in [-0.2, -0.15) is 0 Å². The zero-order chi connectivity index (χ0) is 5.70. The van der Waals surface area contributed by atoms with E-state index >= 15 is 0 Å². The van der Waals surface area contributed by atoms with Gasteiger partial charge in [-0.15, -0.1) is 0 Å². The summed E-state index contributed by atoms with van der Waals surface area (Å²) < 4.78 is 7.84. The van der Waals surface area contributed by atoms with Gasteiger partial charge in [-0.1, -0.05) is 6.42 Å². The summed E-state index contributed by atoms with van der Waals surface area (Å²) in [4.78, 5) is 9.82. The van der Waals surface area contributed by atoms with E-state index in [0.29, 0.717) is 0 Å². The van der Waals surface area contributed by atoms with Gasteiger partial charge < -0.3 is 9.47 Å². The highest BCUT2D eigenvalue weighted by molar-refractivity contribution is 5.60. The lowest BCUT2D eigenvalue weighted by Crippen LogP contribution is -1.97. The third kappa shape index (κ3) is 2.64. The summed E-state index contributed by atoms with van der Waals surface area (Å²) in [6, 6.07) is 0. The van der Waals surface area contributed by atoms with E-state index in [2.05, 4.69) is 15.9 Å². The summed E-state index contributed by atoms with van der Waals surface area (Å²) >= 11 is 0. The van der Waals surface area contributed by atoms with Gasteiger partial charge in [-0.3, -0.25) is 0 Å². The molecule has 0 saturated carbocycles. The summed E-state index contributed by atoms with van der Waals surface area (Å²) in [6.45, 7) is 0. The Balaban J connectivity index is 3.23. The van der Waals surface area contributed by atoms with Crippen LogP contribution < -0.4 is 0 Å². The number of hydrogen-bond acceptors (Lipinski definition) is 3. The molecule has 0 aliphatic carbocycles. The molecule has 0 aromatic rings. The zero-order valence-corrected chi connectivity index (χ0v) is 3.80. The molecule has 0 fully saturated rings. The molecular formula is C4H4O3. The number of hydrogen-bond donors (Lipinski definition) is 0. The van der Waals surface area contributed by atoms with Crippen LogP contribution >= 0.6 is 0 Å². The van der Waals surface area contributed by atoms with Gasteiger partial charge in [0.15, 0.2) is 0 Å². The van der Waals surface area contributed by atoms with Crippen molar-refractivity contribution in [3.63, 3.8) is 0 Å². The van der Waals surface area contributed by atoms with Gasteiger partial charge in [0.1, 0.15) is 6.11 Å². The van der Waals surface area contributed by atoms with Crippen molar-refractivity contribution in [1.82, 2.24) is 0 Å². The van der Waals surface area contributed by atoms with Crippen molar-refractivity contribution in [1.29, 1.82) is 0 Å². The molecule has 0 aliphatic heterocycles. The molecule has 0 spiro atoms. The molecule has 7 heavy (non-hydrogen) atoms. The molecule has 0 radical (unpaired) electrons. The molecule has 0 saturated heterocycles. The van der Waals surface area contributed by atoms with Crippen molar-refractivity contribution in [2.24, 2.45) is 0 Å². The van der Waals surface area contributed by atoms with E-state index in [1.54, 1.807) is 6.11 Å². The first-order chi connectivity index (χ1) is 3.31. The van der Waals surface area contributed by atoms with Crippen molar-refractivity contribution < 1.29 is 14.3 Å². The molecule has 0 aromatic carbocycles. The van der Waals surface area contributed by atoms with E-state index in [9.17, 15) is 4.79 Å². The standard InChI is InChI=1S/C4H4O3/c1-3-7-4(5)6-2/h1H,2H3. The number of methoxy groups -OCH3 is 1. The van der Waals surface area contributed by atoms with Crippen LogP contribution in [0.25, 0.3) is 0 Å². The van der Waals surface area contributed by atoms with Crippen LogP contribution in [0.3, 0.4) is 0 Å². The molecule has 0 unspecified atom stereocenters. The predicted octanol–water partition coefficient (Wildman–Crippen LogP) is 0.360. The van der Waals surface area contributed by atoms with Crippen LogP contribution in [0.5, 0.6) is 0 Å². The molecule has 0 aromatic heterocycles. The van der Waals surface area contributed by atoms with E-state index in [4.69, 9.17) is 0 Å². The summed E-state index contributed by atoms with van der Waals surface area (Å²) in [7, 11) is 1.18. The third-order valence-corrected chi connectivity index (χ3v) is 0.309. The Kier molecular flexibility index (Phi) is 2.53. The average molecular weight is 100 g/mol. The molecule has 0 heterocycles. The van der Waals surface area contributed by atoms with E-state index < -0.39 is 6.16 Å². The highest BCUT2D eigenvalue weighted by Gasteiger charge is 1.92. The maximum absolute atomic E-state index is 9.82. The van der Waals surface area contributed by atoms with Gasteiger partial charge in [0, 0.05) is 0 Å². The summed E-state index contributed by atoms with van der Waals surface area (Å²) in [6.07, 6.45) is 5.32. The van der Waals surface area contributed by atoms with E-state index in [1.807, 2.05) is 0 Å². The normalized spacial score (nSPS) is 6.29. The summed E-state index contributed by atoms with van der Waals surface area (Å²) in [5.74, 6) is 0. The highest BCUT2D eigenvalue weighted by Crippen LogP contribution is 1.75. The van der Waals surface area contributed by atoms with Gasteiger partial charge in [0.2, 0.25) is 0 Å². The van der Waals surface area contributed by atoms with Crippen LogP contribution in [-0.4, -0.2) is 13.3 Å². The Labute approximate surface area is 41.2 Å². The Morgan fingerprint density at radius 1 is 1.86 bits per heavy atom. The fraction of sp³-hybridized carbons (Fsp3) is 0.250. The molecule has 0 N–H and O–H groups in total. The summed E-state index contributed by atoms with van der Waals surface area (Å²) in [5, 5.41) is 0. The highest BCUT2D eigenvalue weighted by atomic mass is 16.7. The molecule has 3 heteroatoms. The smallest absolute Gasteiger partial charge is 0.437 e. The van der Waals surface area contributed by atoms with Crippen LogP contribution in [0.1, 0.15) is 0 Å². The van der Waals surface area contributed by atoms with Crippen molar-refractivity contribution in [3.05, 3.63) is 0 Å². The Morgan fingerprint density at radius 3 is 2.57 bits per heavy atom. The van der Waals surface area contributed by atoms with Gasteiger partial charge >= 0.3 is 6.16 Å². The maximum Gasteiger partial charge on any atom is 0.522 e. The number of carbonyl (C=O) groups excluding carboxylic acids is 1. The first-order valence-electron chi connectivity index (χ1n) is 1.51. The average Bonchev–Trinajstić information content (AvgIpc) is 1.68. The third-order valence-electron chi connectivity index (χ3n) is 0.309. The molecule has 3 nitrogen and oxygen atoms in total. The van der Waals surface area contributed by atoms with Gasteiger partial charge in [0.25, 0.3) is 0 Å². The SMILES string of the molecule is C#COC(=O)OC. The van der Waals surface area contributed by atoms with E-state index in [-0.39, 0.29) is 0 Å². The van der Waals surface area contributed by atoms with Crippen LogP contribution in [0.15, 0.2) is 0 Å². The van der Waals surface area contributed by atoms with Crippen molar-refractivity contribution in [3.8, 4) is 12.5 Å². The topological polar surface area (TPSA) is 35.5 Å². The molecular weight excluding hydrogens is 96.0 g/mol. The van der Waals surface area contributed by atoms with Crippen LogP contribution in [0, 0.1) is 12.5 Å². The minimum absolute atomic E-state index is 0.859. The minimum atomic E-state index is -0.859. The number of terminal acetylenes is 1. The van der Waals surface area contributed by atoms with E-state index in [0.717, 1.165) is 0 Å². The van der Waals surface area contributed by atoms with Crippen molar-refractivity contribution in [2.75, 3.05) is 7.11 Å². The van der Waals surface area contributed by atoms with Crippen LogP contribution in [0.2, 0.25) is 0 Å². The monoisotopic (exact) mass is 100 g/mol. The minimum Gasteiger partial charge on any atom is -0.437 e. The van der Waals surface area contributed by atoms with Crippen molar-refractivity contribution in [2.45, 2.75) is 0 Å². The second kappa shape index (κ2) is 3.04. The lowest BCUT2D eigenvalue weighted by atomic mass is 11.2. The molecule has 0 rings (SSSR count). The van der Waals surface area contributed by atoms with E-state index in [1.165, 1.54) is 7.11 Å². The lowest BCUT2D eigenvalue weighted by Gasteiger charge is -1.87. The fourth-order valence-electron chi connectivity index (χ4n) is 0.0898. The second-order valence-corrected chi connectivity index (χ2v) is 0.674. The van der Waals surface area contributed by atoms with Gasteiger partial charge in [-0.25, -0.2) is 4.79 Å². The Morgan fingerprint density at radius 2 is 2.43 bits per heavy atom. The molecule has 0 atom stereocenters. The molecule has 0 bridgehead atoms. The largest absolute Gasteiger partial charge is 0.522 e. The Hall–Kier alpha value is -1.17. The first kappa shape index (κ1) is 5.83. The molecule has 38 valence electrons. The summed E-state index contributed by atoms with van der Waals surface area (Å²) in [5.41, 5.74) is 0. The van der Waals surface area contributed by atoms with Crippen LogP contribution in [-0.2, 0) is 9.47 Å². The van der Waals surface area contributed by atoms with Crippen LogP contribution in [0.4, 0.5) is 4.79 Å². The molecule has 0 aliphatic rings. The van der Waals surface area contributed by atoms with Gasteiger partial charge in [0.05, 0.1) is 7.11 Å². The second-order valence-electron chi connectivity index (χ2n) is 0.674. The predicted molar refractivity (Wildman–Crippen MR) is 22.3 cm³/mol. The quantitative estimate of drug-likeness (QED) is 0.325. The molecule has 0 amide bonds. The number of ether oxygens (including phenoxy) is 2. The lowest BCUT2D eigenvalue weighted by molar-refractivity contribution is 0.112. The first-order valence-corrected chi connectivity index (χ1v) is 1.51. The maximum atomic E-state index is 9.82. The fourth-order valence-corrected chi connectivity index (χ4v) is 0.0898. The number of carbonyl (C=O) groups is 1. The van der Waals surface area contributed by atoms with Gasteiger partial charge in [-0.05, 0) is 0 Å².